The average Bonchev–Trinajstić information content (AvgIpc) is 2.85. The van der Waals surface area contributed by atoms with Crippen molar-refractivity contribution in [2.75, 3.05) is 5.75 Å². The van der Waals surface area contributed by atoms with Crippen molar-refractivity contribution in [3.8, 4) is 0 Å². The number of hydrogen-bond acceptors (Lipinski definition) is 5. The Morgan fingerprint density at radius 3 is 2.64 bits per heavy atom. The van der Waals surface area contributed by atoms with E-state index in [-0.39, 0.29) is 10.4 Å². The third kappa shape index (κ3) is 5.88. The lowest BCUT2D eigenvalue weighted by Gasteiger charge is -2.11. The van der Waals surface area contributed by atoms with Gasteiger partial charge in [0.15, 0.2) is 0 Å². The highest BCUT2D eigenvalue weighted by Gasteiger charge is 2.30. The van der Waals surface area contributed by atoms with E-state index < -0.39 is 12.7 Å². The molecule has 0 fully saturated rings. The van der Waals surface area contributed by atoms with E-state index in [4.69, 9.17) is 0 Å². The molecule has 120 valence electrons. The number of benzene rings is 1. The van der Waals surface area contributed by atoms with Crippen molar-refractivity contribution in [3.05, 3.63) is 30.3 Å². The van der Waals surface area contributed by atoms with Crippen molar-refractivity contribution in [2.24, 2.45) is 0 Å². The Balaban J connectivity index is 1.80. The first kappa shape index (κ1) is 17.1. The molecule has 0 radical (unpaired) electrons. The van der Waals surface area contributed by atoms with E-state index in [0.29, 0.717) is 0 Å². The molecule has 2 rings (SSSR count). The third-order valence-electron chi connectivity index (χ3n) is 2.67. The SMILES string of the molecule is C[C@H](CCSc1ccccc1)Sc1nnnn1CC(F)(F)F. The Kier molecular flexibility index (Phi) is 6.13. The highest BCUT2D eigenvalue weighted by Crippen LogP contribution is 2.27. The van der Waals surface area contributed by atoms with Crippen molar-refractivity contribution in [1.82, 2.24) is 20.2 Å². The fourth-order valence-corrected chi connectivity index (χ4v) is 3.76. The van der Waals surface area contributed by atoms with Crippen LogP contribution in [0.5, 0.6) is 0 Å². The van der Waals surface area contributed by atoms with E-state index in [9.17, 15) is 13.2 Å². The molecule has 22 heavy (non-hydrogen) atoms. The molecule has 1 aromatic heterocycles. The number of aromatic nitrogens is 4. The summed E-state index contributed by atoms with van der Waals surface area (Å²) >= 11 is 2.99. The summed E-state index contributed by atoms with van der Waals surface area (Å²) in [6, 6.07) is 9.99. The van der Waals surface area contributed by atoms with Crippen molar-refractivity contribution in [2.45, 2.75) is 41.4 Å². The molecule has 0 saturated carbocycles. The monoisotopic (exact) mass is 348 g/mol. The van der Waals surface area contributed by atoms with Gasteiger partial charge in [0, 0.05) is 10.1 Å². The van der Waals surface area contributed by atoms with Crippen LogP contribution in [0.15, 0.2) is 40.4 Å². The van der Waals surface area contributed by atoms with Crippen LogP contribution in [0.1, 0.15) is 13.3 Å². The van der Waals surface area contributed by atoms with Crippen LogP contribution in [-0.2, 0) is 6.54 Å². The number of nitrogens with zero attached hydrogens (tertiary/aromatic N) is 4. The first-order chi connectivity index (χ1) is 10.4. The minimum absolute atomic E-state index is 0.134. The number of rotatable bonds is 7. The van der Waals surface area contributed by atoms with E-state index in [1.165, 1.54) is 16.7 Å². The lowest BCUT2D eigenvalue weighted by Crippen LogP contribution is -2.19. The van der Waals surface area contributed by atoms with Crippen LogP contribution in [0, 0.1) is 0 Å². The third-order valence-corrected chi connectivity index (χ3v) is 4.86. The van der Waals surface area contributed by atoms with Gasteiger partial charge in [-0.1, -0.05) is 36.9 Å². The molecular formula is C13H15F3N4S2. The number of thioether (sulfide) groups is 2. The maximum atomic E-state index is 12.4. The van der Waals surface area contributed by atoms with E-state index >= 15 is 0 Å². The molecule has 0 N–H and O–H groups in total. The van der Waals surface area contributed by atoms with Gasteiger partial charge in [0.05, 0.1) is 0 Å². The van der Waals surface area contributed by atoms with Crippen molar-refractivity contribution in [3.63, 3.8) is 0 Å². The predicted molar refractivity (Wildman–Crippen MR) is 81.0 cm³/mol. The second-order valence-electron chi connectivity index (χ2n) is 4.61. The van der Waals surface area contributed by atoms with Gasteiger partial charge in [-0.15, -0.1) is 16.9 Å². The fraction of sp³-hybridized carbons (Fsp3) is 0.462. The summed E-state index contributed by atoms with van der Waals surface area (Å²) in [5.74, 6) is 0.888. The fourth-order valence-electron chi connectivity index (χ4n) is 1.65. The predicted octanol–water partition coefficient (Wildman–Crippen LogP) is 3.90. The lowest BCUT2D eigenvalue weighted by molar-refractivity contribution is -0.144. The van der Waals surface area contributed by atoms with Crippen molar-refractivity contribution in [1.29, 1.82) is 0 Å². The molecule has 0 aliphatic rings. The molecule has 0 bridgehead atoms. The Morgan fingerprint density at radius 1 is 1.23 bits per heavy atom. The number of alkyl halides is 3. The Bertz CT molecular complexity index is 574. The Hall–Kier alpha value is -1.22. The van der Waals surface area contributed by atoms with Gasteiger partial charge in [0.25, 0.3) is 0 Å². The maximum absolute atomic E-state index is 12.4. The van der Waals surface area contributed by atoms with Gasteiger partial charge in [-0.2, -0.15) is 13.2 Å². The van der Waals surface area contributed by atoms with E-state index in [1.807, 2.05) is 37.3 Å². The Labute approximate surface area is 134 Å². The first-order valence-corrected chi connectivity index (χ1v) is 8.48. The Morgan fingerprint density at radius 2 is 1.95 bits per heavy atom. The summed E-state index contributed by atoms with van der Waals surface area (Å²) in [5.41, 5.74) is 0. The zero-order chi connectivity index (χ0) is 16.0. The summed E-state index contributed by atoms with van der Waals surface area (Å²) in [5, 5.41) is 10.7. The summed E-state index contributed by atoms with van der Waals surface area (Å²) < 4.78 is 38.0. The van der Waals surface area contributed by atoms with Crippen LogP contribution in [0.3, 0.4) is 0 Å². The largest absolute Gasteiger partial charge is 0.408 e. The minimum Gasteiger partial charge on any atom is -0.211 e. The zero-order valence-electron chi connectivity index (χ0n) is 11.8. The molecule has 4 nitrogen and oxygen atoms in total. The quantitative estimate of drug-likeness (QED) is 0.710. The minimum atomic E-state index is -4.32. The van der Waals surface area contributed by atoms with Gasteiger partial charge in [0.1, 0.15) is 6.54 Å². The normalized spacial score (nSPS) is 13.3. The topological polar surface area (TPSA) is 43.6 Å². The van der Waals surface area contributed by atoms with E-state index in [2.05, 4.69) is 15.5 Å². The summed E-state index contributed by atoms with van der Waals surface area (Å²) in [7, 11) is 0. The molecule has 9 heteroatoms. The molecule has 0 aliphatic heterocycles. The van der Waals surface area contributed by atoms with Crippen LogP contribution in [0.2, 0.25) is 0 Å². The van der Waals surface area contributed by atoms with Gasteiger partial charge in [-0.3, -0.25) is 0 Å². The van der Waals surface area contributed by atoms with Gasteiger partial charge in [-0.25, -0.2) is 4.68 Å². The molecule has 1 heterocycles. The van der Waals surface area contributed by atoms with E-state index in [1.54, 1.807) is 11.8 Å². The molecular weight excluding hydrogens is 333 g/mol. The lowest BCUT2D eigenvalue weighted by atomic mass is 10.4. The van der Waals surface area contributed by atoms with Crippen molar-refractivity contribution >= 4 is 23.5 Å². The number of hydrogen-bond donors (Lipinski definition) is 0. The molecule has 0 saturated heterocycles. The maximum Gasteiger partial charge on any atom is 0.408 e. The summed E-state index contributed by atoms with van der Waals surface area (Å²) in [6.07, 6.45) is -3.47. The standard InChI is InChI=1S/C13H15F3N4S2/c1-10(7-8-21-11-5-3-2-4-6-11)22-12-17-18-19-20(12)9-13(14,15)16/h2-6,10H,7-9H2,1H3/t10-/m1/s1. The molecule has 0 amide bonds. The van der Waals surface area contributed by atoms with Crippen LogP contribution < -0.4 is 0 Å². The second kappa shape index (κ2) is 7.87. The average molecular weight is 348 g/mol. The van der Waals surface area contributed by atoms with Crippen LogP contribution in [0.25, 0.3) is 0 Å². The van der Waals surface area contributed by atoms with Crippen LogP contribution in [-0.4, -0.2) is 37.4 Å². The smallest absolute Gasteiger partial charge is 0.211 e. The van der Waals surface area contributed by atoms with Gasteiger partial charge < -0.3 is 0 Å². The number of halogens is 3. The van der Waals surface area contributed by atoms with Crippen LogP contribution in [0.4, 0.5) is 13.2 Å². The second-order valence-corrected chi connectivity index (χ2v) is 7.19. The zero-order valence-corrected chi connectivity index (χ0v) is 13.5. The molecule has 0 unspecified atom stereocenters. The molecule has 0 spiro atoms. The van der Waals surface area contributed by atoms with Gasteiger partial charge in [-0.05, 0) is 34.7 Å². The number of tetrazole rings is 1. The van der Waals surface area contributed by atoms with Crippen LogP contribution >= 0.6 is 23.5 Å². The van der Waals surface area contributed by atoms with E-state index in [0.717, 1.165) is 16.9 Å². The van der Waals surface area contributed by atoms with Gasteiger partial charge >= 0.3 is 6.18 Å². The van der Waals surface area contributed by atoms with Gasteiger partial charge in [0.2, 0.25) is 5.16 Å². The highest BCUT2D eigenvalue weighted by atomic mass is 32.2. The first-order valence-electron chi connectivity index (χ1n) is 6.61. The molecule has 0 aliphatic carbocycles. The molecule has 2 aromatic rings. The summed E-state index contributed by atoms with van der Waals surface area (Å²) in [4.78, 5) is 1.18. The molecule has 1 aromatic carbocycles. The highest BCUT2D eigenvalue weighted by molar-refractivity contribution is 8.00. The molecule has 1 atom stereocenters. The summed E-state index contributed by atoms with van der Waals surface area (Å²) in [6.45, 7) is 0.802. The van der Waals surface area contributed by atoms with Crippen molar-refractivity contribution < 1.29 is 13.2 Å².